The summed E-state index contributed by atoms with van der Waals surface area (Å²) in [7, 11) is 0. The number of carbonyl (C=O) groups is 1. The van der Waals surface area contributed by atoms with Crippen LogP contribution in [0.1, 0.15) is 23.2 Å². The number of nitrogens with zero attached hydrogens (tertiary/aromatic N) is 3. The van der Waals surface area contributed by atoms with E-state index in [0.717, 1.165) is 42.0 Å². The van der Waals surface area contributed by atoms with Gasteiger partial charge in [-0.3, -0.25) is 4.79 Å². The lowest BCUT2D eigenvalue weighted by Gasteiger charge is -2.32. The SMILES string of the molecule is O=C(c1ccoc1)N1CCC(Nc2ncnc3sc(-c4ccccc4)cc23)CC1. The molecule has 3 aromatic heterocycles. The van der Waals surface area contributed by atoms with Gasteiger partial charge in [-0.2, -0.15) is 0 Å². The average molecular weight is 404 g/mol. The van der Waals surface area contributed by atoms with Gasteiger partial charge >= 0.3 is 0 Å². The number of thiophene rings is 1. The maximum absolute atomic E-state index is 12.5. The molecule has 1 fully saturated rings. The Labute approximate surface area is 172 Å². The fraction of sp³-hybridized carbons (Fsp3) is 0.227. The summed E-state index contributed by atoms with van der Waals surface area (Å²) in [6.45, 7) is 1.43. The van der Waals surface area contributed by atoms with Crippen LogP contribution in [0.15, 0.2) is 65.7 Å². The maximum atomic E-state index is 12.5. The van der Waals surface area contributed by atoms with Crippen molar-refractivity contribution in [1.82, 2.24) is 14.9 Å². The predicted molar refractivity (Wildman–Crippen MR) is 114 cm³/mol. The lowest BCUT2D eigenvalue weighted by Crippen LogP contribution is -2.42. The van der Waals surface area contributed by atoms with Crippen LogP contribution in [0, 0.1) is 0 Å². The maximum Gasteiger partial charge on any atom is 0.257 e. The van der Waals surface area contributed by atoms with Crippen LogP contribution in [0.5, 0.6) is 0 Å². The molecule has 0 radical (unpaired) electrons. The summed E-state index contributed by atoms with van der Waals surface area (Å²) in [4.78, 5) is 25.5. The van der Waals surface area contributed by atoms with E-state index in [1.165, 1.54) is 23.0 Å². The number of amides is 1. The smallest absolute Gasteiger partial charge is 0.257 e. The average Bonchev–Trinajstić information content (AvgIpc) is 3.45. The molecule has 7 heteroatoms. The van der Waals surface area contributed by atoms with Crippen molar-refractivity contribution in [3.8, 4) is 10.4 Å². The quantitative estimate of drug-likeness (QED) is 0.535. The summed E-state index contributed by atoms with van der Waals surface area (Å²) >= 11 is 1.68. The van der Waals surface area contributed by atoms with Gasteiger partial charge in [0.1, 0.15) is 23.2 Å². The minimum absolute atomic E-state index is 0.0342. The molecule has 0 spiro atoms. The van der Waals surface area contributed by atoms with E-state index in [9.17, 15) is 4.79 Å². The van der Waals surface area contributed by atoms with E-state index >= 15 is 0 Å². The highest BCUT2D eigenvalue weighted by molar-refractivity contribution is 7.21. The number of aromatic nitrogens is 2. The Morgan fingerprint density at radius 1 is 1.14 bits per heavy atom. The number of nitrogens with one attached hydrogen (secondary N) is 1. The van der Waals surface area contributed by atoms with Crippen LogP contribution in [-0.4, -0.2) is 39.9 Å². The molecule has 6 nitrogen and oxygen atoms in total. The molecule has 1 N–H and O–H groups in total. The molecule has 1 saturated heterocycles. The van der Waals surface area contributed by atoms with Crippen LogP contribution >= 0.6 is 11.3 Å². The Balaban J connectivity index is 1.30. The third-order valence-electron chi connectivity index (χ3n) is 5.28. The largest absolute Gasteiger partial charge is 0.472 e. The Kier molecular flexibility index (Phi) is 4.73. The molecular weight excluding hydrogens is 384 g/mol. The van der Waals surface area contributed by atoms with E-state index in [4.69, 9.17) is 4.42 Å². The Morgan fingerprint density at radius 3 is 2.72 bits per heavy atom. The van der Waals surface area contributed by atoms with Gasteiger partial charge in [-0.15, -0.1) is 11.3 Å². The van der Waals surface area contributed by atoms with E-state index in [1.54, 1.807) is 23.7 Å². The van der Waals surface area contributed by atoms with Gasteiger partial charge in [0, 0.05) is 24.0 Å². The number of rotatable bonds is 4. The van der Waals surface area contributed by atoms with Crippen molar-refractivity contribution in [3.63, 3.8) is 0 Å². The van der Waals surface area contributed by atoms with Crippen molar-refractivity contribution in [3.05, 3.63) is 66.9 Å². The first-order valence-corrected chi connectivity index (χ1v) is 10.5. The standard InChI is InChI=1S/C22H20N4O2S/c27-22(16-8-11-28-13-16)26-9-6-17(7-10-26)25-20-18-12-19(15-4-2-1-3-5-15)29-21(18)24-14-23-20/h1-5,8,11-14,17H,6-7,9-10H2,(H,23,24,25). The van der Waals surface area contributed by atoms with E-state index in [0.29, 0.717) is 5.56 Å². The highest BCUT2D eigenvalue weighted by atomic mass is 32.1. The number of benzene rings is 1. The minimum Gasteiger partial charge on any atom is -0.472 e. The number of carbonyl (C=O) groups excluding carboxylic acids is 1. The van der Waals surface area contributed by atoms with Crippen molar-refractivity contribution < 1.29 is 9.21 Å². The van der Waals surface area contributed by atoms with Gasteiger partial charge in [-0.25, -0.2) is 9.97 Å². The number of piperidine rings is 1. The third kappa shape index (κ3) is 3.61. The van der Waals surface area contributed by atoms with Crippen molar-refractivity contribution in [2.45, 2.75) is 18.9 Å². The summed E-state index contributed by atoms with van der Waals surface area (Å²) < 4.78 is 5.03. The molecule has 0 atom stereocenters. The van der Waals surface area contributed by atoms with Gasteiger partial charge in [0.05, 0.1) is 17.2 Å². The van der Waals surface area contributed by atoms with Crippen LogP contribution in [0.4, 0.5) is 5.82 Å². The summed E-state index contributed by atoms with van der Waals surface area (Å²) in [5, 5.41) is 4.63. The fourth-order valence-corrected chi connectivity index (χ4v) is 4.71. The van der Waals surface area contributed by atoms with Gasteiger partial charge in [-0.05, 0) is 30.5 Å². The number of likely N-dealkylation sites (tertiary alicyclic amines) is 1. The molecule has 0 saturated carbocycles. The topological polar surface area (TPSA) is 71.3 Å². The molecule has 5 rings (SSSR count). The summed E-state index contributed by atoms with van der Waals surface area (Å²) in [5.41, 5.74) is 1.80. The van der Waals surface area contributed by atoms with Crippen LogP contribution in [0.2, 0.25) is 0 Å². The zero-order valence-corrected chi connectivity index (χ0v) is 16.6. The molecule has 1 aliphatic heterocycles. The van der Waals surface area contributed by atoms with E-state index in [1.807, 2.05) is 23.1 Å². The minimum atomic E-state index is 0.0342. The molecule has 1 aromatic carbocycles. The summed E-state index contributed by atoms with van der Waals surface area (Å²) in [5.74, 6) is 0.903. The normalized spacial score (nSPS) is 15.0. The Bertz CT molecular complexity index is 1120. The first kappa shape index (κ1) is 17.9. The molecule has 29 heavy (non-hydrogen) atoms. The molecular formula is C22H20N4O2S. The number of fused-ring (bicyclic) bond motifs is 1. The van der Waals surface area contributed by atoms with Crippen LogP contribution in [-0.2, 0) is 0 Å². The van der Waals surface area contributed by atoms with Crippen molar-refractivity contribution in [1.29, 1.82) is 0 Å². The molecule has 0 bridgehead atoms. The second kappa shape index (κ2) is 7.67. The predicted octanol–water partition coefficient (Wildman–Crippen LogP) is 4.67. The molecule has 0 aliphatic carbocycles. The first-order valence-electron chi connectivity index (χ1n) is 9.66. The van der Waals surface area contributed by atoms with Crippen LogP contribution < -0.4 is 5.32 Å². The molecule has 4 aromatic rings. The summed E-state index contributed by atoms with van der Waals surface area (Å²) in [6.07, 6.45) is 6.42. The first-order chi connectivity index (χ1) is 14.3. The highest BCUT2D eigenvalue weighted by Gasteiger charge is 2.25. The van der Waals surface area contributed by atoms with E-state index in [-0.39, 0.29) is 11.9 Å². The molecule has 146 valence electrons. The van der Waals surface area contributed by atoms with Crippen molar-refractivity contribution >= 4 is 33.3 Å². The molecule has 0 unspecified atom stereocenters. The fourth-order valence-electron chi connectivity index (χ4n) is 3.70. The highest BCUT2D eigenvalue weighted by Crippen LogP contribution is 2.35. The van der Waals surface area contributed by atoms with Crippen LogP contribution in [0.25, 0.3) is 20.7 Å². The second-order valence-corrected chi connectivity index (χ2v) is 8.17. The third-order valence-corrected chi connectivity index (χ3v) is 6.37. The Hall–Kier alpha value is -3.19. The second-order valence-electron chi connectivity index (χ2n) is 7.14. The van der Waals surface area contributed by atoms with Gasteiger partial charge in [0.25, 0.3) is 5.91 Å². The Morgan fingerprint density at radius 2 is 1.97 bits per heavy atom. The lowest BCUT2D eigenvalue weighted by molar-refractivity contribution is 0.0717. The van der Waals surface area contributed by atoms with Crippen molar-refractivity contribution in [2.75, 3.05) is 18.4 Å². The van der Waals surface area contributed by atoms with Gasteiger partial charge in [0.2, 0.25) is 0 Å². The zero-order valence-electron chi connectivity index (χ0n) is 15.7. The van der Waals surface area contributed by atoms with E-state index < -0.39 is 0 Å². The van der Waals surface area contributed by atoms with Crippen molar-refractivity contribution in [2.24, 2.45) is 0 Å². The van der Waals surface area contributed by atoms with Gasteiger partial charge in [-0.1, -0.05) is 30.3 Å². The van der Waals surface area contributed by atoms with Gasteiger partial charge < -0.3 is 14.6 Å². The number of hydrogen-bond donors (Lipinski definition) is 1. The lowest BCUT2D eigenvalue weighted by atomic mass is 10.0. The number of hydrogen-bond acceptors (Lipinski definition) is 6. The van der Waals surface area contributed by atoms with Gasteiger partial charge in [0.15, 0.2) is 0 Å². The molecule has 1 amide bonds. The molecule has 4 heterocycles. The number of anilines is 1. The summed E-state index contributed by atoms with van der Waals surface area (Å²) in [6, 6.07) is 14.5. The molecule has 1 aliphatic rings. The van der Waals surface area contributed by atoms with E-state index in [2.05, 4.69) is 33.5 Å². The zero-order chi connectivity index (χ0) is 19.6. The monoisotopic (exact) mass is 404 g/mol. The number of furan rings is 1. The van der Waals surface area contributed by atoms with Crippen LogP contribution in [0.3, 0.4) is 0 Å².